The number of esters is 1. The highest BCUT2D eigenvalue weighted by atomic mass is 16.5. The number of amides is 3. The summed E-state index contributed by atoms with van der Waals surface area (Å²) in [4.78, 5) is 36.4. The van der Waals surface area contributed by atoms with Crippen LogP contribution in [0.5, 0.6) is 5.75 Å². The lowest BCUT2D eigenvalue weighted by Crippen LogP contribution is -2.45. The third-order valence-electron chi connectivity index (χ3n) is 5.32. The molecule has 1 fully saturated rings. The standard InChI is InChI=1S/C25H28N4O5/c1-5-33-22-10-8-21(9-11-22)29-15(2)12-18(16(29)3)13-19(14-26)24(31)34-17(4)23(30)28-25(32)27-20-6-7-20/h8-13,17,20H,5-7H2,1-4H3,(H2,27,28,30,32)/b19-13+. The lowest BCUT2D eigenvalue weighted by atomic mass is 10.1. The minimum absolute atomic E-state index is 0.0837. The van der Waals surface area contributed by atoms with Gasteiger partial charge < -0.3 is 19.4 Å². The van der Waals surface area contributed by atoms with E-state index in [0.29, 0.717) is 12.2 Å². The molecule has 0 radical (unpaired) electrons. The summed E-state index contributed by atoms with van der Waals surface area (Å²) in [5.41, 5.74) is 3.06. The van der Waals surface area contributed by atoms with Crippen molar-refractivity contribution in [3.05, 3.63) is 52.9 Å². The number of carbonyl (C=O) groups is 3. The minimum Gasteiger partial charge on any atom is -0.494 e. The molecule has 0 bridgehead atoms. The molecule has 3 amide bonds. The normalized spacial score (nSPS) is 14.0. The molecule has 2 N–H and O–H groups in total. The van der Waals surface area contributed by atoms with E-state index in [0.717, 1.165) is 35.7 Å². The van der Waals surface area contributed by atoms with Crippen molar-refractivity contribution in [3.63, 3.8) is 0 Å². The molecule has 1 aliphatic carbocycles. The predicted molar refractivity (Wildman–Crippen MR) is 125 cm³/mol. The van der Waals surface area contributed by atoms with E-state index in [1.54, 1.807) is 0 Å². The Morgan fingerprint density at radius 3 is 2.50 bits per heavy atom. The van der Waals surface area contributed by atoms with E-state index in [-0.39, 0.29) is 11.6 Å². The maximum absolute atomic E-state index is 12.5. The number of hydrogen-bond donors (Lipinski definition) is 2. The molecule has 9 heteroatoms. The molecule has 1 aliphatic rings. The molecule has 9 nitrogen and oxygen atoms in total. The van der Waals surface area contributed by atoms with Crippen molar-refractivity contribution in [3.8, 4) is 17.5 Å². The highest BCUT2D eigenvalue weighted by Crippen LogP contribution is 2.25. The zero-order chi connectivity index (χ0) is 24.8. The Morgan fingerprint density at radius 2 is 1.91 bits per heavy atom. The maximum Gasteiger partial charge on any atom is 0.349 e. The fourth-order valence-electron chi connectivity index (χ4n) is 3.42. The molecule has 1 atom stereocenters. The molecule has 0 aliphatic heterocycles. The second-order valence-corrected chi connectivity index (χ2v) is 8.04. The smallest absolute Gasteiger partial charge is 0.349 e. The summed E-state index contributed by atoms with van der Waals surface area (Å²) in [6.07, 6.45) is 1.94. The van der Waals surface area contributed by atoms with Gasteiger partial charge in [-0.3, -0.25) is 10.1 Å². The molecule has 0 spiro atoms. The first-order chi connectivity index (χ1) is 16.2. The van der Waals surface area contributed by atoms with Crippen molar-refractivity contribution in [2.24, 2.45) is 0 Å². The molecule has 178 valence electrons. The van der Waals surface area contributed by atoms with E-state index >= 15 is 0 Å². The van der Waals surface area contributed by atoms with Gasteiger partial charge in [0.25, 0.3) is 5.91 Å². The van der Waals surface area contributed by atoms with Crippen LogP contribution < -0.4 is 15.4 Å². The van der Waals surface area contributed by atoms with Crippen molar-refractivity contribution in [1.82, 2.24) is 15.2 Å². The van der Waals surface area contributed by atoms with Crippen LogP contribution >= 0.6 is 0 Å². The molecule has 0 saturated heterocycles. The Morgan fingerprint density at radius 1 is 1.24 bits per heavy atom. The SMILES string of the molecule is CCOc1ccc(-n2c(C)cc(/C=C(\C#N)C(=O)OC(C)C(=O)NC(=O)NC3CC3)c2C)cc1. The summed E-state index contributed by atoms with van der Waals surface area (Å²) in [5.74, 6) is -0.942. The van der Waals surface area contributed by atoms with Crippen molar-refractivity contribution in [2.75, 3.05) is 6.61 Å². The van der Waals surface area contributed by atoms with Gasteiger partial charge in [-0.15, -0.1) is 0 Å². The van der Waals surface area contributed by atoms with Crippen molar-refractivity contribution in [2.45, 2.75) is 52.7 Å². The quantitative estimate of drug-likeness (QED) is 0.351. The summed E-state index contributed by atoms with van der Waals surface area (Å²) >= 11 is 0. The second kappa shape index (κ2) is 10.7. The summed E-state index contributed by atoms with van der Waals surface area (Å²) in [6, 6.07) is 10.8. The van der Waals surface area contributed by atoms with Crippen LogP contribution in [0.4, 0.5) is 4.79 Å². The Hall–Kier alpha value is -4.06. The molecular formula is C25H28N4O5. The number of aromatic nitrogens is 1. The zero-order valence-electron chi connectivity index (χ0n) is 19.7. The van der Waals surface area contributed by atoms with E-state index in [2.05, 4.69) is 10.6 Å². The third-order valence-corrected chi connectivity index (χ3v) is 5.32. The number of urea groups is 1. The zero-order valence-corrected chi connectivity index (χ0v) is 19.7. The van der Waals surface area contributed by atoms with Gasteiger partial charge in [0.05, 0.1) is 6.61 Å². The predicted octanol–water partition coefficient (Wildman–Crippen LogP) is 3.32. The van der Waals surface area contributed by atoms with Gasteiger partial charge in [0.15, 0.2) is 6.10 Å². The number of nitrogens with zero attached hydrogens (tertiary/aromatic N) is 2. The first kappa shape index (κ1) is 24.6. The number of benzene rings is 1. The summed E-state index contributed by atoms with van der Waals surface area (Å²) in [7, 11) is 0. The topological polar surface area (TPSA) is 122 Å². The van der Waals surface area contributed by atoms with Crippen LogP contribution in [-0.2, 0) is 14.3 Å². The van der Waals surface area contributed by atoms with Gasteiger partial charge >= 0.3 is 12.0 Å². The number of rotatable bonds is 8. The Bertz CT molecular complexity index is 1150. The molecular weight excluding hydrogens is 436 g/mol. The first-order valence-corrected chi connectivity index (χ1v) is 11.1. The second-order valence-electron chi connectivity index (χ2n) is 8.04. The highest BCUT2D eigenvalue weighted by molar-refractivity contribution is 6.01. The number of nitriles is 1. The molecule has 3 rings (SSSR count). The van der Waals surface area contributed by atoms with E-state index in [1.807, 2.05) is 61.7 Å². The van der Waals surface area contributed by atoms with Crippen LogP contribution in [-0.4, -0.2) is 41.2 Å². The van der Waals surface area contributed by atoms with Crippen molar-refractivity contribution >= 4 is 24.0 Å². The lowest BCUT2D eigenvalue weighted by molar-refractivity contribution is -0.150. The fraction of sp³-hybridized carbons (Fsp3) is 0.360. The van der Waals surface area contributed by atoms with Crippen LogP contribution in [0.2, 0.25) is 0 Å². The Labute approximate surface area is 198 Å². The van der Waals surface area contributed by atoms with Crippen molar-refractivity contribution < 1.29 is 23.9 Å². The van der Waals surface area contributed by atoms with Gasteiger partial charge in [0, 0.05) is 23.1 Å². The number of hydrogen-bond acceptors (Lipinski definition) is 6. The summed E-state index contributed by atoms with van der Waals surface area (Å²) in [5, 5.41) is 14.3. The number of nitrogens with one attached hydrogen (secondary N) is 2. The maximum atomic E-state index is 12.5. The van der Waals surface area contributed by atoms with Crippen LogP contribution in [0, 0.1) is 25.2 Å². The Kier molecular flexibility index (Phi) is 7.74. The summed E-state index contributed by atoms with van der Waals surface area (Å²) < 4.78 is 12.6. The monoisotopic (exact) mass is 464 g/mol. The number of ether oxygens (including phenoxy) is 2. The number of imide groups is 1. The largest absolute Gasteiger partial charge is 0.494 e. The molecule has 34 heavy (non-hydrogen) atoms. The van der Waals surface area contributed by atoms with Crippen LogP contribution in [0.3, 0.4) is 0 Å². The van der Waals surface area contributed by atoms with Gasteiger partial charge in [-0.05, 0) is 82.5 Å². The highest BCUT2D eigenvalue weighted by Gasteiger charge is 2.26. The average Bonchev–Trinajstić information content (AvgIpc) is 3.56. The Balaban J connectivity index is 1.72. The minimum atomic E-state index is -1.24. The summed E-state index contributed by atoms with van der Waals surface area (Å²) in [6.45, 7) is 7.64. The van der Waals surface area contributed by atoms with Crippen LogP contribution in [0.15, 0.2) is 35.9 Å². The van der Waals surface area contributed by atoms with Gasteiger partial charge in [-0.1, -0.05) is 0 Å². The molecule has 1 aromatic carbocycles. The van der Waals surface area contributed by atoms with Crippen LogP contribution in [0.25, 0.3) is 11.8 Å². The average molecular weight is 465 g/mol. The number of aryl methyl sites for hydroxylation is 1. The molecule has 2 aromatic rings. The first-order valence-electron chi connectivity index (χ1n) is 11.1. The van der Waals surface area contributed by atoms with Gasteiger partial charge in [0.1, 0.15) is 17.4 Å². The molecule has 1 unspecified atom stereocenters. The van der Waals surface area contributed by atoms with E-state index in [1.165, 1.54) is 13.0 Å². The number of carbonyl (C=O) groups excluding carboxylic acids is 3. The van der Waals surface area contributed by atoms with Crippen LogP contribution in [0.1, 0.15) is 43.6 Å². The van der Waals surface area contributed by atoms with Gasteiger partial charge in [-0.2, -0.15) is 5.26 Å². The van der Waals surface area contributed by atoms with E-state index < -0.39 is 24.0 Å². The molecule has 1 saturated carbocycles. The molecule has 1 aromatic heterocycles. The molecule has 1 heterocycles. The van der Waals surface area contributed by atoms with E-state index in [4.69, 9.17) is 9.47 Å². The van der Waals surface area contributed by atoms with Gasteiger partial charge in [0.2, 0.25) is 0 Å². The van der Waals surface area contributed by atoms with E-state index in [9.17, 15) is 19.6 Å². The lowest BCUT2D eigenvalue weighted by Gasteiger charge is -2.13. The van der Waals surface area contributed by atoms with Crippen molar-refractivity contribution in [1.29, 1.82) is 5.26 Å². The van der Waals surface area contributed by atoms with Gasteiger partial charge in [-0.25, -0.2) is 9.59 Å². The fourth-order valence-corrected chi connectivity index (χ4v) is 3.42. The third kappa shape index (κ3) is 6.04.